The molecule has 0 saturated heterocycles. The zero-order valence-electron chi connectivity index (χ0n) is 8.53. The fraction of sp³-hybridized carbons (Fsp3) is 0.500. The van der Waals surface area contributed by atoms with E-state index in [-0.39, 0.29) is 12.6 Å². The zero-order valence-corrected chi connectivity index (χ0v) is 8.53. The highest BCUT2D eigenvalue weighted by Gasteiger charge is 2.23. The lowest BCUT2D eigenvalue weighted by molar-refractivity contribution is 0.221. The predicted molar refractivity (Wildman–Crippen MR) is 57.2 cm³/mol. The summed E-state index contributed by atoms with van der Waals surface area (Å²) in [5.74, 6) is 0. The van der Waals surface area contributed by atoms with Gasteiger partial charge in [-0.1, -0.05) is 31.2 Å². The number of hydrogen-bond acceptors (Lipinski definition) is 2. The molecule has 1 aromatic carbocycles. The lowest BCUT2D eigenvalue weighted by atomic mass is 9.89. The summed E-state index contributed by atoms with van der Waals surface area (Å²) in [5, 5.41) is 12.6. The Morgan fingerprint density at radius 2 is 2.21 bits per heavy atom. The molecule has 0 spiro atoms. The average molecular weight is 191 g/mol. The molecule has 0 fully saturated rings. The van der Waals surface area contributed by atoms with Crippen LogP contribution in [0.3, 0.4) is 0 Å². The summed E-state index contributed by atoms with van der Waals surface area (Å²) in [4.78, 5) is 0. The average Bonchev–Trinajstić information content (AvgIpc) is 2.27. The lowest BCUT2D eigenvalue weighted by Crippen LogP contribution is -2.41. The van der Waals surface area contributed by atoms with Crippen molar-refractivity contribution in [3.05, 3.63) is 35.4 Å². The summed E-state index contributed by atoms with van der Waals surface area (Å²) in [6, 6.07) is 9.16. The van der Waals surface area contributed by atoms with Gasteiger partial charge in [-0.05, 0) is 24.0 Å². The summed E-state index contributed by atoms with van der Waals surface area (Å²) in [6.07, 6.45) is 2.02. The van der Waals surface area contributed by atoms with Gasteiger partial charge < -0.3 is 10.4 Å². The molecule has 0 bridgehead atoms. The topological polar surface area (TPSA) is 32.3 Å². The molecule has 0 radical (unpaired) electrons. The quantitative estimate of drug-likeness (QED) is 0.745. The van der Waals surface area contributed by atoms with Crippen molar-refractivity contribution in [1.29, 1.82) is 0 Å². The van der Waals surface area contributed by atoms with E-state index in [4.69, 9.17) is 5.11 Å². The van der Waals surface area contributed by atoms with Crippen LogP contribution in [0.4, 0.5) is 0 Å². The molecule has 76 valence electrons. The summed E-state index contributed by atoms with van der Waals surface area (Å²) in [5.41, 5.74) is 2.79. The fourth-order valence-corrected chi connectivity index (χ4v) is 2.21. The highest BCUT2D eigenvalue weighted by molar-refractivity contribution is 5.33. The molecule has 0 aliphatic carbocycles. The standard InChI is InChI=1S/C12H17NO/c1-2-12-11-6-4-3-5-9(11)7-10(8-14)13-12/h3-6,10,12-14H,2,7-8H2,1H3/t10-,12+/m0/s1. The van der Waals surface area contributed by atoms with Crippen LogP contribution in [0.1, 0.15) is 30.5 Å². The predicted octanol–water partition coefficient (Wildman–Crippen LogP) is 1.64. The Kier molecular flexibility index (Phi) is 2.85. The van der Waals surface area contributed by atoms with Crippen molar-refractivity contribution in [3.63, 3.8) is 0 Å². The number of nitrogens with one attached hydrogen (secondary N) is 1. The molecule has 14 heavy (non-hydrogen) atoms. The second-order valence-electron chi connectivity index (χ2n) is 3.91. The van der Waals surface area contributed by atoms with Gasteiger partial charge >= 0.3 is 0 Å². The monoisotopic (exact) mass is 191 g/mol. The maximum absolute atomic E-state index is 9.17. The van der Waals surface area contributed by atoms with Crippen molar-refractivity contribution in [2.24, 2.45) is 0 Å². The van der Waals surface area contributed by atoms with Crippen molar-refractivity contribution in [1.82, 2.24) is 5.32 Å². The maximum atomic E-state index is 9.17. The van der Waals surface area contributed by atoms with Gasteiger partial charge in [0.05, 0.1) is 6.61 Å². The van der Waals surface area contributed by atoms with Crippen LogP contribution in [0.25, 0.3) is 0 Å². The smallest absolute Gasteiger partial charge is 0.0588 e. The number of aliphatic hydroxyl groups excluding tert-OH is 1. The van der Waals surface area contributed by atoms with Gasteiger partial charge in [-0.2, -0.15) is 0 Å². The largest absolute Gasteiger partial charge is 0.395 e. The van der Waals surface area contributed by atoms with Gasteiger partial charge in [-0.25, -0.2) is 0 Å². The molecular formula is C12H17NO. The molecule has 0 saturated carbocycles. The molecule has 1 aromatic rings. The van der Waals surface area contributed by atoms with Crippen molar-refractivity contribution < 1.29 is 5.11 Å². The Labute approximate surface area is 85.0 Å². The summed E-state index contributed by atoms with van der Waals surface area (Å²) >= 11 is 0. The van der Waals surface area contributed by atoms with Crippen LogP contribution in [0, 0.1) is 0 Å². The van der Waals surface area contributed by atoms with Gasteiger partial charge in [-0.15, -0.1) is 0 Å². The van der Waals surface area contributed by atoms with Crippen molar-refractivity contribution >= 4 is 0 Å². The lowest BCUT2D eigenvalue weighted by Gasteiger charge is -2.31. The van der Waals surface area contributed by atoms with E-state index in [1.54, 1.807) is 0 Å². The molecule has 0 aromatic heterocycles. The molecule has 1 aliphatic rings. The minimum Gasteiger partial charge on any atom is -0.395 e. The summed E-state index contributed by atoms with van der Waals surface area (Å²) in [6.45, 7) is 2.40. The highest BCUT2D eigenvalue weighted by atomic mass is 16.3. The fourth-order valence-electron chi connectivity index (χ4n) is 2.21. The van der Waals surface area contributed by atoms with Gasteiger partial charge in [0.25, 0.3) is 0 Å². The maximum Gasteiger partial charge on any atom is 0.0588 e. The summed E-state index contributed by atoms with van der Waals surface area (Å²) < 4.78 is 0. The van der Waals surface area contributed by atoms with Gasteiger partial charge in [0.1, 0.15) is 0 Å². The number of rotatable bonds is 2. The SMILES string of the molecule is CC[C@H]1N[C@H](CO)Cc2ccccc21. The number of fused-ring (bicyclic) bond motifs is 1. The van der Waals surface area contributed by atoms with Crippen LogP contribution >= 0.6 is 0 Å². The third-order valence-corrected chi connectivity index (χ3v) is 2.96. The number of aliphatic hydroxyl groups is 1. The molecule has 2 heteroatoms. The Morgan fingerprint density at radius 1 is 1.43 bits per heavy atom. The Bertz CT molecular complexity index is 311. The number of hydrogen-bond donors (Lipinski definition) is 2. The van der Waals surface area contributed by atoms with Gasteiger partial charge in [0, 0.05) is 12.1 Å². The van der Waals surface area contributed by atoms with Crippen molar-refractivity contribution in [2.75, 3.05) is 6.61 Å². The molecule has 2 nitrogen and oxygen atoms in total. The minimum absolute atomic E-state index is 0.227. The first kappa shape index (κ1) is 9.69. The Morgan fingerprint density at radius 3 is 2.93 bits per heavy atom. The van der Waals surface area contributed by atoms with Crippen molar-refractivity contribution in [3.8, 4) is 0 Å². The first-order chi connectivity index (χ1) is 6.85. The van der Waals surface area contributed by atoms with E-state index in [0.717, 1.165) is 12.8 Å². The molecule has 2 atom stereocenters. The highest BCUT2D eigenvalue weighted by Crippen LogP contribution is 2.26. The normalized spacial score (nSPS) is 25.9. The van der Waals surface area contributed by atoms with E-state index >= 15 is 0 Å². The van der Waals surface area contributed by atoms with E-state index in [1.165, 1.54) is 11.1 Å². The van der Waals surface area contributed by atoms with Crippen LogP contribution < -0.4 is 5.32 Å². The summed E-state index contributed by atoms with van der Waals surface area (Å²) in [7, 11) is 0. The molecule has 2 rings (SSSR count). The van der Waals surface area contributed by atoms with Crippen LogP contribution in [-0.4, -0.2) is 17.8 Å². The first-order valence-electron chi connectivity index (χ1n) is 5.30. The molecule has 0 unspecified atom stereocenters. The zero-order chi connectivity index (χ0) is 9.97. The molecular weight excluding hydrogens is 174 g/mol. The first-order valence-corrected chi connectivity index (χ1v) is 5.30. The molecule has 2 N–H and O–H groups in total. The van der Waals surface area contributed by atoms with E-state index in [0.29, 0.717) is 6.04 Å². The minimum atomic E-state index is 0.227. The second kappa shape index (κ2) is 4.11. The molecule has 1 aliphatic heterocycles. The Balaban J connectivity index is 2.31. The van der Waals surface area contributed by atoms with Crippen LogP contribution in [0.5, 0.6) is 0 Å². The van der Waals surface area contributed by atoms with E-state index in [9.17, 15) is 0 Å². The van der Waals surface area contributed by atoms with Gasteiger partial charge in [-0.3, -0.25) is 0 Å². The number of benzene rings is 1. The second-order valence-corrected chi connectivity index (χ2v) is 3.91. The third kappa shape index (κ3) is 1.68. The molecule has 1 heterocycles. The third-order valence-electron chi connectivity index (χ3n) is 2.96. The Hall–Kier alpha value is -0.860. The van der Waals surface area contributed by atoms with Crippen molar-refractivity contribution in [2.45, 2.75) is 31.8 Å². The van der Waals surface area contributed by atoms with Crippen LogP contribution in [0.2, 0.25) is 0 Å². The van der Waals surface area contributed by atoms with E-state index < -0.39 is 0 Å². The molecule has 0 amide bonds. The van der Waals surface area contributed by atoms with Gasteiger partial charge in [0.15, 0.2) is 0 Å². The van der Waals surface area contributed by atoms with E-state index in [2.05, 4.69) is 36.5 Å². The van der Waals surface area contributed by atoms with Crippen LogP contribution in [-0.2, 0) is 6.42 Å². The van der Waals surface area contributed by atoms with E-state index in [1.807, 2.05) is 0 Å². The van der Waals surface area contributed by atoms with Crippen LogP contribution in [0.15, 0.2) is 24.3 Å². The van der Waals surface area contributed by atoms with Gasteiger partial charge in [0.2, 0.25) is 0 Å².